The Morgan fingerprint density at radius 3 is 2.10 bits per heavy atom. The summed E-state index contributed by atoms with van der Waals surface area (Å²) < 4.78 is 4.72. The molecule has 7 heteroatoms. The Kier molecular flexibility index (Phi) is 16.5. The van der Waals surface area contributed by atoms with Gasteiger partial charge in [-0.3, -0.25) is 9.59 Å². The Bertz CT molecular complexity index is 323. The van der Waals surface area contributed by atoms with E-state index in [1.54, 1.807) is 6.08 Å². The zero-order chi connectivity index (χ0) is 16.5. The van der Waals surface area contributed by atoms with Crippen molar-refractivity contribution in [3.05, 3.63) is 12.3 Å². The summed E-state index contributed by atoms with van der Waals surface area (Å²) in [4.78, 5) is 30.2. The van der Waals surface area contributed by atoms with Crippen LogP contribution in [0.15, 0.2) is 12.3 Å². The first-order valence-electron chi connectivity index (χ1n) is 6.82. The van der Waals surface area contributed by atoms with Gasteiger partial charge in [-0.15, -0.1) is 0 Å². The Hall–Kier alpha value is -1.89. The van der Waals surface area contributed by atoms with Crippen molar-refractivity contribution in [1.29, 1.82) is 0 Å². The molecule has 0 fully saturated rings. The molecule has 0 radical (unpaired) electrons. The van der Waals surface area contributed by atoms with Gasteiger partial charge in [0.25, 0.3) is 0 Å². The molecule has 3 N–H and O–H groups in total. The summed E-state index contributed by atoms with van der Waals surface area (Å²) in [5.74, 6) is -2.67. The summed E-state index contributed by atoms with van der Waals surface area (Å²) in [6, 6.07) is 0. The number of aliphatic hydroxyl groups excluding tert-OH is 1. The Morgan fingerprint density at radius 1 is 1.00 bits per heavy atom. The van der Waals surface area contributed by atoms with E-state index in [-0.39, 0.29) is 12.8 Å². The number of ether oxygens (including phenoxy) is 1. The maximum Gasteiger partial charge on any atom is 0.329 e. The molecule has 0 bridgehead atoms. The minimum atomic E-state index is -1.19. The van der Waals surface area contributed by atoms with Gasteiger partial charge < -0.3 is 20.1 Å². The number of carboxylic acids is 2. The molecule has 0 saturated carbocycles. The number of aliphatic carboxylic acids is 2. The molecule has 0 rings (SSSR count). The first-order chi connectivity index (χ1) is 9.93. The van der Waals surface area contributed by atoms with Crippen molar-refractivity contribution in [2.45, 2.75) is 51.9 Å². The molecule has 0 amide bonds. The van der Waals surface area contributed by atoms with Gasteiger partial charge >= 0.3 is 17.9 Å². The third-order valence-corrected chi connectivity index (χ3v) is 2.20. The molecule has 0 unspecified atom stereocenters. The van der Waals surface area contributed by atoms with Crippen molar-refractivity contribution in [3.8, 4) is 0 Å². The van der Waals surface area contributed by atoms with Crippen molar-refractivity contribution in [2.24, 2.45) is 0 Å². The number of esters is 1. The standard InChI is InChI=1S/C12H20O4.C2H4O3/c1-2-3-4-5-6-7-10-16-12(15)9-8-11(13)14;3-1-2(4)5/h7,10H,2-6,8-9H2,1H3,(H,13,14);3H,1H2,(H,4,5). The van der Waals surface area contributed by atoms with Crippen molar-refractivity contribution in [1.82, 2.24) is 0 Å². The predicted molar refractivity (Wildman–Crippen MR) is 75.6 cm³/mol. The van der Waals surface area contributed by atoms with Crippen LogP contribution < -0.4 is 0 Å². The van der Waals surface area contributed by atoms with Crippen LogP contribution in [0.2, 0.25) is 0 Å². The largest absolute Gasteiger partial charge is 0.481 e. The van der Waals surface area contributed by atoms with Crippen molar-refractivity contribution in [2.75, 3.05) is 6.61 Å². The normalized spacial score (nSPS) is 9.81. The molecular formula is C14H24O7. The van der Waals surface area contributed by atoms with E-state index in [9.17, 15) is 9.59 Å². The minimum absolute atomic E-state index is 0.0739. The fourth-order valence-electron chi connectivity index (χ4n) is 1.15. The number of unbranched alkanes of at least 4 members (excludes halogenated alkanes) is 4. The number of carboxylic acid groups (broad SMARTS) is 2. The van der Waals surface area contributed by atoms with Crippen molar-refractivity contribution >= 4 is 17.9 Å². The fourth-order valence-corrected chi connectivity index (χ4v) is 1.15. The number of hydrogen-bond acceptors (Lipinski definition) is 5. The lowest BCUT2D eigenvalue weighted by Gasteiger charge is -1.97. The van der Waals surface area contributed by atoms with Crippen LogP contribution in [-0.2, 0) is 19.1 Å². The summed E-state index contributed by atoms with van der Waals surface area (Å²) >= 11 is 0. The molecule has 7 nitrogen and oxygen atoms in total. The second kappa shape index (κ2) is 16.2. The smallest absolute Gasteiger partial charge is 0.329 e. The lowest BCUT2D eigenvalue weighted by atomic mass is 10.1. The van der Waals surface area contributed by atoms with Gasteiger partial charge in [0.15, 0.2) is 0 Å². The molecule has 0 aliphatic rings. The zero-order valence-electron chi connectivity index (χ0n) is 12.3. The number of rotatable bonds is 10. The number of aliphatic hydroxyl groups is 1. The van der Waals surface area contributed by atoms with Crippen LogP contribution >= 0.6 is 0 Å². The van der Waals surface area contributed by atoms with Gasteiger partial charge in [0.1, 0.15) is 6.61 Å². The highest BCUT2D eigenvalue weighted by atomic mass is 16.5. The quantitative estimate of drug-likeness (QED) is 0.320. The second-order valence-corrected chi connectivity index (χ2v) is 4.16. The Labute approximate surface area is 124 Å². The predicted octanol–water partition coefficient (Wildman–Crippen LogP) is 1.94. The molecule has 0 aromatic rings. The number of carbonyl (C=O) groups excluding carboxylic acids is 1. The van der Waals surface area contributed by atoms with E-state index in [0.29, 0.717) is 0 Å². The Morgan fingerprint density at radius 2 is 1.62 bits per heavy atom. The van der Waals surface area contributed by atoms with E-state index < -0.39 is 24.5 Å². The average Bonchev–Trinajstić information content (AvgIpc) is 2.44. The molecule has 122 valence electrons. The highest BCUT2D eigenvalue weighted by Crippen LogP contribution is 2.03. The van der Waals surface area contributed by atoms with Gasteiger partial charge in [0, 0.05) is 0 Å². The van der Waals surface area contributed by atoms with Gasteiger partial charge in [0.05, 0.1) is 19.1 Å². The molecular weight excluding hydrogens is 280 g/mol. The van der Waals surface area contributed by atoms with Crippen LogP contribution in [0.1, 0.15) is 51.9 Å². The molecule has 0 aliphatic carbocycles. The van der Waals surface area contributed by atoms with Gasteiger partial charge in [-0.2, -0.15) is 0 Å². The van der Waals surface area contributed by atoms with Crippen LogP contribution in [-0.4, -0.2) is 39.8 Å². The minimum Gasteiger partial charge on any atom is -0.481 e. The first kappa shape index (κ1) is 21.4. The number of hydrogen-bond donors (Lipinski definition) is 3. The van der Waals surface area contributed by atoms with Crippen LogP contribution in [0.4, 0.5) is 0 Å². The van der Waals surface area contributed by atoms with Gasteiger partial charge in [-0.25, -0.2) is 4.79 Å². The monoisotopic (exact) mass is 304 g/mol. The lowest BCUT2D eigenvalue weighted by Crippen LogP contribution is -2.03. The fraction of sp³-hybridized carbons (Fsp3) is 0.643. The summed E-state index contributed by atoms with van der Waals surface area (Å²) in [6.45, 7) is 1.38. The van der Waals surface area contributed by atoms with E-state index in [1.165, 1.54) is 25.5 Å². The third-order valence-electron chi connectivity index (χ3n) is 2.20. The zero-order valence-corrected chi connectivity index (χ0v) is 12.3. The van der Waals surface area contributed by atoms with Gasteiger partial charge in [-0.1, -0.05) is 26.2 Å². The molecule has 21 heavy (non-hydrogen) atoms. The summed E-state index contributed by atoms with van der Waals surface area (Å²) in [5.41, 5.74) is 0. The van der Waals surface area contributed by atoms with E-state index in [2.05, 4.69) is 6.92 Å². The number of carbonyl (C=O) groups is 3. The van der Waals surface area contributed by atoms with E-state index in [1.807, 2.05) is 0 Å². The topological polar surface area (TPSA) is 121 Å². The van der Waals surface area contributed by atoms with Crippen LogP contribution in [0.25, 0.3) is 0 Å². The molecule has 0 saturated heterocycles. The van der Waals surface area contributed by atoms with Crippen molar-refractivity contribution in [3.63, 3.8) is 0 Å². The van der Waals surface area contributed by atoms with Gasteiger partial charge in [0.2, 0.25) is 0 Å². The summed E-state index contributed by atoms with van der Waals surface area (Å²) in [5, 5.41) is 23.3. The van der Waals surface area contributed by atoms with Crippen LogP contribution in [0.5, 0.6) is 0 Å². The van der Waals surface area contributed by atoms with E-state index in [4.69, 9.17) is 24.9 Å². The van der Waals surface area contributed by atoms with Crippen molar-refractivity contribution < 1.29 is 34.4 Å². The maximum atomic E-state index is 10.9. The molecule has 0 spiro atoms. The highest BCUT2D eigenvalue weighted by Gasteiger charge is 2.04. The SMILES string of the molecule is CCCCCCC=COC(=O)CCC(=O)O.O=C(O)CO. The molecule has 0 atom stereocenters. The highest BCUT2D eigenvalue weighted by molar-refractivity contribution is 5.76. The molecule has 0 aromatic heterocycles. The average molecular weight is 304 g/mol. The third kappa shape index (κ3) is 23.6. The van der Waals surface area contributed by atoms with E-state index >= 15 is 0 Å². The van der Waals surface area contributed by atoms with Crippen LogP contribution in [0.3, 0.4) is 0 Å². The summed E-state index contributed by atoms with van der Waals surface area (Å²) in [6.07, 6.45) is 8.51. The molecule has 0 heterocycles. The lowest BCUT2D eigenvalue weighted by molar-refractivity contribution is -0.144. The molecule has 0 aliphatic heterocycles. The Balaban J connectivity index is 0. The van der Waals surface area contributed by atoms with Crippen LogP contribution in [0, 0.1) is 0 Å². The van der Waals surface area contributed by atoms with Gasteiger partial charge in [-0.05, 0) is 18.9 Å². The first-order valence-corrected chi connectivity index (χ1v) is 6.82. The van der Waals surface area contributed by atoms with E-state index in [0.717, 1.165) is 12.8 Å². The summed E-state index contributed by atoms with van der Waals surface area (Å²) in [7, 11) is 0. The number of allylic oxidation sites excluding steroid dienone is 1. The molecule has 0 aromatic carbocycles. The second-order valence-electron chi connectivity index (χ2n) is 4.16. The maximum absolute atomic E-state index is 10.9.